The summed E-state index contributed by atoms with van der Waals surface area (Å²) in [4.78, 5) is 29.2. The van der Waals surface area contributed by atoms with Gasteiger partial charge in [0.2, 0.25) is 0 Å². The number of methoxy groups -OCH3 is 1. The predicted molar refractivity (Wildman–Crippen MR) is 145 cm³/mol. The molecular weight excluding hydrogens is 485 g/mol. The first-order valence-corrected chi connectivity index (χ1v) is 13.6. The summed E-state index contributed by atoms with van der Waals surface area (Å²) in [5.74, 6) is -0.449. The van der Waals surface area contributed by atoms with E-state index >= 15 is 0 Å². The van der Waals surface area contributed by atoms with Gasteiger partial charge in [-0.25, -0.2) is 4.39 Å². The molecule has 0 aliphatic rings. The first-order valence-electron chi connectivity index (χ1n) is 11.7. The van der Waals surface area contributed by atoms with Crippen molar-refractivity contribution in [2.24, 2.45) is 4.99 Å². The molecule has 0 spiro atoms. The van der Waals surface area contributed by atoms with Crippen molar-refractivity contribution >= 4 is 47.4 Å². The van der Waals surface area contributed by atoms with Crippen LogP contribution in [-0.4, -0.2) is 31.6 Å². The summed E-state index contributed by atoms with van der Waals surface area (Å²) in [6.45, 7) is 6.19. The van der Waals surface area contributed by atoms with Crippen molar-refractivity contribution in [1.82, 2.24) is 5.32 Å². The fourth-order valence-corrected chi connectivity index (χ4v) is 4.84. The lowest BCUT2D eigenvalue weighted by Gasteiger charge is -2.12. The molecule has 1 heterocycles. The number of nitrogens with zero attached hydrogens (tertiary/aromatic N) is 1. The molecule has 0 atom stereocenters. The number of nitrogens with one attached hydrogen (secondary N) is 2. The Morgan fingerprint density at radius 3 is 2.74 bits per heavy atom. The van der Waals surface area contributed by atoms with Crippen LogP contribution in [0.25, 0.3) is 0 Å². The Morgan fingerprint density at radius 2 is 2.00 bits per heavy atom. The van der Waals surface area contributed by atoms with Gasteiger partial charge in [-0.15, -0.1) is 23.1 Å². The molecule has 0 aliphatic carbocycles. The summed E-state index contributed by atoms with van der Waals surface area (Å²) >= 11 is 2.73. The van der Waals surface area contributed by atoms with Crippen molar-refractivity contribution in [2.75, 3.05) is 18.3 Å². The smallest absolute Gasteiger partial charge is 0.311 e. The van der Waals surface area contributed by atoms with E-state index in [2.05, 4.69) is 34.0 Å². The van der Waals surface area contributed by atoms with Crippen molar-refractivity contribution in [2.45, 2.75) is 58.4 Å². The second-order valence-corrected chi connectivity index (χ2v) is 9.95. The third-order valence-electron chi connectivity index (χ3n) is 5.25. The van der Waals surface area contributed by atoms with Crippen molar-refractivity contribution in [3.05, 3.63) is 62.6 Å². The molecule has 2 aromatic rings. The average molecular weight is 520 g/mol. The predicted octanol–water partition coefficient (Wildman–Crippen LogP) is 6.54. The zero-order chi connectivity index (χ0) is 25.5. The van der Waals surface area contributed by atoms with E-state index in [0.29, 0.717) is 23.0 Å². The van der Waals surface area contributed by atoms with Crippen molar-refractivity contribution < 1.29 is 18.7 Å². The van der Waals surface area contributed by atoms with E-state index in [-0.39, 0.29) is 18.1 Å². The van der Waals surface area contributed by atoms with Crippen LogP contribution in [-0.2, 0) is 22.5 Å². The maximum Gasteiger partial charge on any atom is 0.311 e. The highest BCUT2D eigenvalue weighted by Crippen LogP contribution is 2.23. The van der Waals surface area contributed by atoms with Crippen LogP contribution in [0, 0.1) is 5.82 Å². The molecule has 1 aromatic heterocycles. The third kappa shape index (κ3) is 10.7. The number of hydrogen-bond acceptors (Lipinski definition) is 7. The van der Waals surface area contributed by atoms with Gasteiger partial charge in [0.05, 0.1) is 30.0 Å². The first-order chi connectivity index (χ1) is 17.0. The summed E-state index contributed by atoms with van der Waals surface area (Å²) in [6.07, 6.45) is 6.73. The number of unbranched alkanes of at least 4 members (excludes halogenated alkanes) is 4. The summed E-state index contributed by atoms with van der Waals surface area (Å²) in [7, 11) is 1.31. The van der Waals surface area contributed by atoms with Gasteiger partial charge in [0, 0.05) is 17.1 Å². The Hall–Kier alpha value is -2.65. The van der Waals surface area contributed by atoms with Gasteiger partial charge in [0.25, 0.3) is 5.91 Å². The molecule has 190 valence electrons. The number of amides is 1. The molecule has 35 heavy (non-hydrogen) atoms. The topological polar surface area (TPSA) is 79.8 Å². The summed E-state index contributed by atoms with van der Waals surface area (Å²) < 4.78 is 18.4. The highest BCUT2D eigenvalue weighted by atomic mass is 32.2. The van der Waals surface area contributed by atoms with E-state index in [9.17, 15) is 14.0 Å². The maximum absolute atomic E-state index is 13.8. The zero-order valence-electron chi connectivity index (χ0n) is 20.4. The van der Waals surface area contributed by atoms with Gasteiger partial charge < -0.3 is 15.4 Å². The number of benzene rings is 1. The number of aryl methyl sites for hydroxylation is 1. The number of thioether (sulfide) groups is 1. The maximum atomic E-state index is 13.8. The van der Waals surface area contributed by atoms with E-state index < -0.39 is 5.97 Å². The van der Waals surface area contributed by atoms with Crippen molar-refractivity contribution in [1.29, 1.82) is 0 Å². The number of thiophene rings is 1. The number of halogens is 1. The van der Waals surface area contributed by atoms with Crippen LogP contribution >= 0.6 is 23.1 Å². The molecule has 1 aromatic carbocycles. The van der Waals surface area contributed by atoms with Crippen molar-refractivity contribution in [3.8, 4) is 0 Å². The number of esters is 1. The molecule has 0 bridgehead atoms. The number of anilines is 1. The molecule has 2 rings (SSSR count). The first kappa shape index (κ1) is 28.6. The van der Waals surface area contributed by atoms with Gasteiger partial charge in [-0.2, -0.15) is 0 Å². The molecule has 0 unspecified atom stereocenters. The molecule has 6 nitrogen and oxygen atoms in total. The number of hydrogen-bond donors (Lipinski definition) is 2. The summed E-state index contributed by atoms with van der Waals surface area (Å²) in [5, 5.41) is 7.91. The zero-order valence-corrected chi connectivity index (χ0v) is 22.0. The number of aliphatic imine (C=N–C) groups is 1. The van der Waals surface area contributed by atoms with Crippen LogP contribution < -0.4 is 10.6 Å². The second kappa shape index (κ2) is 16.1. The lowest BCUT2D eigenvalue weighted by atomic mass is 10.0. The Bertz CT molecular complexity index is 1010. The molecule has 1 amide bonds. The van der Waals surface area contributed by atoms with Gasteiger partial charge in [-0.3, -0.25) is 14.6 Å². The Kier molecular flexibility index (Phi) is 13.2. The Labute approximate surface area is 215 Å². The summed E-state index contributed by atoms with van der Waals surface area (Å²) in [6, 6.07) is 8.59. The van der Waals surface area contributed by atoms with Gasteiger partial charge >= 0.3 is 5.97 Å². The van der Waals surface area contributed by atoms with E-state index in [1.807, 2.05) is 6.07 Å². The highest BCUT2D eigenvalue weighted by Gasteiger charge is 2.10. The van der Waals surface area contributed by atoms with E-state index in [0.717, 1.165) is 35.4 Å². The van der Waals surface area contributed by atoms with Crippen molar-refractivity contribution in [3.63, 3.8) is 0 Å². The van der Waals surface area contributed by atoms with Crippen LogP contribution in [0.2, 0.25) is 0 Å². The van der Waals surface area contributed by atoms with Crippen LogP contribution in [0.4, 0.5) is 10.1 Å². The van der Waals surface area contributed by atoms with Gasteiger partial charge in [0.1, 0.15) is 5.82 Å². The highest BCUT2D eigenvalue weighted by molar-refractivity contribution is 8.02. The normalized spacial score (nSPS) is 11.2. The average Bonchev–Trinajstić information content (AvgIpc) is 3.34. The fourth-order valence-electron chi connectivity index (χ4n) is 3.32. The molecule has 0 fully saturated rings. The third-order valence-corrected chi connectivity index (χ3v) is 7.08. The molecule has 2 N–H and O–H groups in total. The quantitative estimate of drug-likeness (QED) is 0.114. The minimum Gasteiger partial charge on any atom is -0.469 e. The molecule has 9 heteroatoms. The van der Waals surface area contributed by atoms with Crippen LogP contribution in [0.5, 0.6) is 0 Å². The number of carbonyl (C=O) groups excluding carboxylic acids is 2. The van der Waals surface area contributed by atoms with E-state index in [4.69, 9.17) is 0 Å². The monoisotopic (exact) mass is 519 g/mol. The van der Waals surface area contributed by atoms with E-state index in [1.165, 1.54) is 55.5 Å². The molecular formula is C26H34FN3O3S2. The fraction of sp³-hybridized carbons (Fsp3) is 0.423. The van der Waals surface area contributed by atoms with Gasteiger partial charge in [-0.05, 0) is 60.9 Å². The lowest BCUT2D eigenvalue weighted by Crippen LogP contribution is -2.21. The number of ether oxygens (including phenoxy) is 1. The number of rotatable bonds is 16. The largest absolute Gasteiger partial charge is 0.469 e. The van der Waals surface area contributed by atoms with Crippen LogP contribution in [0.15, 0.2) is 46.4 Å². The standard InChI is InChI=1S/C26H34FN3O3S2/c1-4-5-6-7-8-9-19-14-20(27)10-12-23(19)29-16-22-11-13-24(35-22)26(32)30-18-34-17-21(28-2)15-25(31)33-3/h10-14,17,29H,2,4-9,15-16,18H2,1,3H3,(H,30,32)/b21-17-. The minimum absolute atomic E-state index is 0.0385. The SMILES string of the molecule is C=N/C(=C\SCNC(=O)c1ccc(CNc2ccc(F)cc2CCCCCCC)s1)CC(=O)OC. The van der Waals surface area contributed by atoms with Gasteiger partial charge in [0.15, 0.2) is 0 Å². The molecule has 0 radical (unpaired) electrons. The lowest BCUT2D eigenvalue weighted by molar-refractivity contribution is -0.139. The van der Waals surface area contributed by atoms with Gasteiger partial charge in [-0.1, -0.05) is 32.6 Å². The summed E-state index contributed by atoms with van der Waals surface area (Å²) in [5.41, 5.74) is 2.41. The van der Waals surface area contributed by atoms with E-state index in [1.54, 1.807) is 23.6 Å². The number of carbonyl (C=O) groups is 2. The Balaban J connectivity index is 1.83. The Morgan fingerprint density at radius 1 is 1.20 bits per heavy atom. The minimum atomic E-state index is -0.396. The van der Waals surface area contributed by atoms with Crippen LogP contribution in [0.1, 0.15) is 65.6 Å². The second-order valence-electron chi connectivity index (χ2n) is 7.92. The molecule has 0 saturated heterocycles. The molecule has 0 saturated carbocycles. The van der Waals surface area contributed by atoms with Crippen LogP contribution in [0.3, 0.4) is 0 Å². The molecule has 0 aliphatic heterocycles.